The van der Waals surface area contributed by atoms with E-state index in [0.29, 0.717) is 29.3 Å². The fourth-order valence-electron chi connectivity index (χ4n) is 6.72. The van der Waals surface area contributed by atoms with Crippen molar-refractivity contribution in [2.45, 2.75) is 101 Å². The molecule has 1 saturated carbocycles. The zero-order chi connectivity index (χ0) is 36.4. The Kier molecular flexibility index (Phi) is 11.8. The van der Waals surface area contributed by atoms with Crippen molar-refractivity contribution in [1.29, 1.82) is 0 Å². The van der Waals surface area contributed by atoms with Crippen molar-refractivity contribution in [3.05, 3.63) is 53.6 Å². The first-order chi connectivity index (χ1) is 24.2. The molecule has 2 aromatic carbocycles. The van der Waals surface area contributed by atoms with Crippen LogP contribution in [0.2, 0.25) is 0 Å². The lowest BCUT2D eigenvalue weighted by Crippen LogP contribution is -2.54. The molecule has 6 atom stereocenters. The number of anilines is 1. The average Bonchev–Trinajstić information content (AvgIpc) is 3.61. The highest BCUT2D eigenvalue weighted by Gasteiger charge is 2.48. The van der Waals surface area contributed by atoms with Crippen molar-refractivity contribution >= 4 is 42.8 Å². The fourth-order valence-corrected chi connectivity index (χ4v) is 9.42. The van der Waals surface area contributed by atoms with Gasteiger partial charge in [-0.1, -0.05) is 39.0 Å². The summed E-state index contributed by atoms with van der Waals surface area (Å²) in [6.45, 7) is 8.00. The Labute approximate surface area is 301 Å². The maximum absolute atomic E-state index is 14.2. The molecule has 3 heterocycles. The molecule has 12 nitrogen and oxygen atoms in total. The molecular weight excluding hydrogens is 705 g/mol. The summed E-state index contributed by atoms with van der Waals surface area (Å²) in [6.07, 6.45) is -0.970. The molecule has 3 aromatic rings. The van der Waals surface area contributed by atoms with Crippen molar-refractivity contribution in [2.75, 3.05) is 31.6 Å². The van der Waals surface area contributed by atoms with Gasteiger partial charge in [-0.05, 0) is 67.5 Å². The summed E-state index contributed by atoms with van der Waals surface area (Å²) in [6, 6.07) is 7.02. The van der Waals surface area contributed by atoms with Crippen LogP contribution in [0.15, 0.2) is 41.3 Å². The topological polar surface area (TPSA) is 151 Å². The van der Waals surface area contributed by atoms with Crippen LogP contribution in [0.5, 0.6) is 0 Å². The Hall–Kier alpha value is -2.99. The van der Waals surface area contributed by atoms with Gasteiger partial charge in [0.2, 0.25) is 10.0 Å². The first kappa shape index (κ1) is 37.8. The molecule has 6 rings (SSSR count). The molecule has 1 aromatic heterocycles. The molecule has 3 aliphatic rings. The van der Waals surface area contributed by atoms with E-state index in [9.17, 15) is 27.1 Å². The Balaban J connectivity index is 1.22. The molecule has 16 heteroatoms. The summed E-state index contributed by atoms with van der Waals surface area (Å²) in [5.74, 6) is -2.05. The van der Waals surface area contributed by atoms with Crippen LogP contribution in [0, 0.1) is 23.5 Å². The van der Waals surface area contributed by atoms with Crippen LogP contribution in [0.3, 0.4) is 0 Å². The lowest BCUT2D eigenvalue weighted by Gasteiger charge is -2.36. The number of hydrogen-bond acceptors (Lipinski definition) is 11. The number of carbonyl (C=O) groups excluding carboxylic acids is 1. The number of aliphatic hydroxyl groups excluding tert-OH is 1. The second-order valence-electron chi connectivity index (χ2n) is 14.4. The quantitative estimate of drug-likeness (QED) is 0.173. The van der Waals surface area contributed by atoms with Crippen LogP contribution >= 0.6 is 11.3 Å². The number of fused-ring (bicyclic) bond motifs is 2. The number of sulfonamides is 1. The van der Waals surface area contributed by atoms with E-state index in [1.54, 1.807) is 12.1 Å². The lowest BCUT2D eigenvalue weighted by molar-refractivity contribution is -0.161. The molecule has 0 spiro atoms. The molecule has 280 valence electrons. The number of ether oxygens (including phenoxy) is 3. The lowest BCUT2D eigenvalue weighted by atomic mass is 9.90. The van der Waals surface area contributed by atoms with Crippen LogP contribution in [0.4, 0.5) is 18.7 Å². The first-order valence-corrected chi connectivity index (χ1v) is 19.8. The van der Waals surface area contributed by atoms with Gasteiger partial charge in [0.25, 0.3) is 0 Å². The summed E-state index contributed by atoms with van der Waals surface area (Å²) >= 11 is 1.38. The van der Waals surface area contributed by atoms with Crippen LogP contribution in [0.25, 0.3) is 10.2 Å². The Morgan fingerprint density at radius 1 is 1.08 bits per heavy atom. The molecule has 1 aliphatic carbocycles. The molecule has 51 heavy (non-hydrogen) atoms. The molecule has 0 bridgehead atoms. The zero-order valence-corrected chi connectivity index (χ0v) is 30.8. The summed E-state index contributed by atoms with van der Waals surface area (Å²) < 4.78 is 76.0. The number of carbonyl (C=O) groups is 1. The predicted molar refractivity (Wildman–Crippen MR) is 189 cm³/mol. The molecular formula is C35H47F2N5O7S2. The normalized spacial score (nSPS) is 23.5. The second kappa shape index (κ2) is 15.9. The number of benzene rings is 2. The highest BCUT2D eigenvalue weighted by Crippen LogP contribution is 2.34. The van der Waals surface area contributed by atoms with Gasteiger partial charge in [0.15, 0.2) is 11.4 Å². The standard InChI is InChI=1S/C35H47F2N5O7S2/c1-19(2)16-42(51(45,46)25-7-8-26-31(15-25)50-34(40-26)39-24-5-6-24)17-29(43)28(13-21-11-22(36)14-23(37)12-21)41-35(44)49-30-18-48-33-32(30)27(9-10-47-33)38-20(3)4/h7-8,11-12,14-15,19-20,24,27-30,32-33,38,43H,5-6,9-10,13,16-18H2,1-4H3,(H,39,40)(H,41,44)/t27?,28-,29+,30-,32?,33+/m0/s1. The highest BCUT2D eigenvalue weighted by molar-refractivity contribution is 7.89. The van der Waals surface area contributed by atoms with Gasteiger partial charge in [-0.3, -0.25) is 0 Å². The minimum Gasteiger partial charge on any atom is -0.443 e. The smallest absolute Gasteiger partial charge is 0.407 e. The fraction of sp³-hybridized carbons (Fsp3) is 0.600. The first-order valence-electron chi connectivity index (χ1n) is 17.5. The van der Waals surface area contributed by atoms with Gasteiger partial charge in [0.1, 0.15) is 17.7 Å². The van der Waals surface area contributed by atoms with E-state index >= 15 is 0 Å². The number of hydrogen-bond donors (Lipinski definition) is 4. The van der Waals surface area contributed by atoms with Crippen LogP contribution in [-0.2, 0) is 30.7 Å². The number of aliphatic hydroxyl groups is 1. The number of rotatable bonds is 15. The molecule has 0 radical (unpaired) electrons. The number of thiazole rings is 1. The van der Waals surface area contributed by atoms with Crippen molar-refractivity contribution in [3.63, 3.8) is 0 Å². The third-order valence-corrected chi connectivity index (χ3v) is 11.9. The minimum absolute atomic E-state index is 0.0271. The van der Waals surface area contributed by atoms with E-state index in [2.05, 4.69) is 20.9 Å². The van der Waals surface area contributed by atoms with Crippen LogP contribution in [0.1, 0.15) is 52.5 Å². The van der Waals surface area contributed by atoms with Gasteiger partial charge in [-0.15, -0.1) is 0 Å². The van der Waals surface area contributed by atoms with E-state index in [0.717, 1.165) is 36.2 Å². The van der Waals surface area contributed by atoms with Crippen molar-refractivity contribution in [2.24, 2.45) is 11.8 Å². The highest BCUT2D eigenvalue weighted by atomic mass is 32.2. The largest absolute Gasteiger partial charge is 0.443 e. The van der Waals surface area contributed by atoms with Gasteiger partial charge in [0.05, 0.1) is 46.4 Å². The van der Waals surface area contributed by atoms with Gasteiger partial charge >= 0.3 is 6.09 Å². The SMILES string of the molecule is CC(C)CN(C[C@@H](O)[C@H](Cc1cc(F)cc(F)c1)NC(=O)O[C@H]1CO[C@H]2OCCC(NC(C)C)C21)S(=O)(=O)c1ccc2nc(NC3CC3)sc2c1. The van der Waals surface area contributed by atoms with Gasteiger partial charge in [-0.2, -0.15) is 4.31 Å². The monoisotopic (exact) mass is 751 g/mol. The van der Waals surface area contributed by atoms with Crippen molar-refractivity contribution in [1.82, 2.24) is 19.9 Å². The summed E-state index contributed by atoms with van der Waals surface area (Å²) in [5.41, 5.74) is 0.834. The van der Waals surface area contributed by atoms with Gasteiger partial charge in [0, 0.05) is 37.3 Å². The van der Waals surface area contributed by atoms with E-state index in [1.807, 2.05) is 27.7 Å². The number of nitrogens with zero attached hydrogens (tertiary/aromatic N) is 2. The van der Waals surface area contributed by atoms with Gasteiger partial charge in [-0.25, -0.2) is 27.0 Å². The van der Waals surface area contributed by atoms with E-state index in [4.69, 9.17) is 14.2 Å². The summed E-state index contributed by atoms with van der Waals surface area (Å²) in [5, 5.41) is 21.9. The predicted octanol–water partition coefficient (Wildman–Crippen LogP) is 4.62. The maximum atomic E-state index is 14.2. The van der Waals surface area contributed by atoms with Crippen molar-refractivity contribution < 1.29 is 41.3 Å². The van der Waals surface area contributed by atoms with E-state index in [-0.39, 0.29) is 54.0 Å². The summed E-state index contributed by atoms with van der Waals surface area (Å²) in [4.78, 5) is 18.1. The third-order valence-electron chi connectivity index (χ3n) is 9.16. The maximum Gasteiger partial charge on any atom is 0.407 e. The van der Waals surface area contributed by atoms with Gasteiger partial charge < -0.3 is 35.3 Å². The molecule has 4 N–H and O–H groups in total. The molecule has 2 saturated heterocycles. The minimum atomic E-state index is -4.15. The average molecular weight is 752 g/mol. The second-order valence-corrected chi connectivity index (χ2v) is 17.4. The Bertz CT molecular complexity index is 1770. The number of alkyl carbamates (subject to hydrolysis) is 1. The molecule has 1 amide bonds. The summed E-state index contributed by atoms with van der Waals surface area (Å²) in [7, 11) is -4.15. The van der Waals surface area contributed by atoms with Crippen LogP contribution in [-0.4, -0.2) is 97.9 Å². The molecule has 2 aliphatic heterocycles. The Morgan fingerprint density at radius 3 is 2.51 bits per heavy atom. The van der Waals surface area contributed by atoms with E-state index < -0.39 is 58.8 Å². The van der Waals surface area contributed by atoms with Crippen LogP contribution < -0.4 is 16.0 Å². The van der Waals surface area contributed by atoms with E-state index in [1.165, 1.54) is 21.7 Å². The number of amides is 1. The van der Waals surface area contributed by atoms with Crippen molar-refractivity contribution in [3.8, 4) is 0 Å². The zero-order valence-electron chi connectivity index (χ0n) is 29.2. The Morgan fingerprint density at radius 2 is 1.82 bits per heavy atom. The third kappa shape index (κ3) is 9.52. The number of aromatic nitrogens is 1. The number of halogens is 2. The molecule has 2 unspecified atom stereocenters. The molecule has 3 fully saturated rings. The number of nitrogens with one attached hydrogen (secondary N) is 3.